The molecule has 2 rings (SSSR count). The minimum absolute atomic E-state index is 0.0787. The first-order valence-corrected chi connectivity index (χ1v) is 6.91. The number of hydrogen-bond donors (Lipinski definition) is 3. The maximum Gasteiger partial charge on any atom is 0.327 e. The molecule has 0 amide bonds. The predicted molar refractivity (Wildman–Crippen MR) is 71.2 cm³/mol. The molecule has 0 bridgehead atoms. The van der Waals surface area contributed by atoms with E-state index in [0.717, 1.165) is 26.1 Å². The number of carboxylic acids is 1. The van der Waals surface area contributed by atoms with Crippen LogP contribution in [0.15, 0.2) is 6.20 Å². The van der Waals surface area contributed by atoms with Gasteiger partial charge in [0, 0.05) is 32.8 Å². The summed E-state index contributed by atoms with van der Waals surface area (Å²) in [6, 6.07) is -0.752. The molecule has 1 aromatic heterocycles. The lowest BCUT2D eigenvalue weighted by atomic mass is 10.2. The van der Waals surface area contributed by atoms with Gasteiger partial charge < -0.3 is 15.5 Å². The Balaban J connectivity index is 2.10. The molecule has 0 aromatic carbocycles. The molecule has 1 aromatic rings. The van der Waals surface area contributed by atoms with Gasteiger partial charge >= 0.3 is 5.97 Å². The zero-order chi connectivity index (χ0) is 14.4. The van der Waals surface area contributed by atoms with Crippen molar-refractivity contribution >= 4 is 5.97 Å². The molecule has 1 aliphatic heterocycles. The lowest BCUT2D eigenvalue weighted by Gasteiger charge is -2.25. The van der Waals surface area contributed by atoms with E-state index in [1.54, 1.807) is 10.9 Å². The molecule has 8 nitrogen and oxygen atoms in total. The molecule has 0 spiro atoms. The molecular formula is C12H21N5O3. The molecule has 20 heavy (non-hydrogen) atoms. The number of hydrogen-bond acceptors (Lipinski definition) is 6. The van der Waals surface area contributed by atoms with Crippen LogP contribution < -0.4 is 5.32 Å². The Bertz CT molecular complexity index is 428. The van der Waals surface area contributed by atoms with E-state index in [2.05, 4.69) is 15.6 Å². The number of aliphatic hydroxyl groups excluding tert-OH is 1. The molecule has 1 fully saturated rings. The van der Waals surface area contributed by atoms with Gasteiger partial charge in [0.25, 0.3) is 0 Å². The quantitative estimate of drug-likeness (QED) is 0.620. The summed E-state index contributed by atoms with van der Waals surface area (Å²) in [4.78, 5) is 13.5. The number of nitrogens with zero attached hydrogens (tertiary/aromatic N) is 4. The molecule has 112 valence electrons. The van der Waals surface area contributed by atoms with E-state index >= 15 is 0 Å². The van der Waals surface area contributed by atoms with E-state index in [0.29, 0.717) is 25.2 Å². The van der Waals surface area contributed by atoms with Crippen LogP contribution in [0.3, 0.4) is 0 Å². The first kappa shape index (κ1) is 14.9. The highest BCUT2D eigenvalue weighted by atomic mass is 16.4. The first-order chi connectivity index (χ1) is 9.72. The molecule has 8 heteroatoms. The Kier molecular flexibility index (Phi) is 5.45. The molecule has 0 saturated carbocycles. The summed E-state index contributed by atoms with van der Waals surface area (Å²) in [5.41, 5.74) is 0.456. The molecular weight excluding hydrogens is 262 g/mol. The van der Waals surface area contributed by atoms with E-state index in [9.17, 15) is 9.90 Å². The summed E-state index contributed by atoms with van der Waals surface area (Å²) >= 11 is 0. The second-order valence-electron chi connectivity index (χ2n) is 4.86. The van der Waals surface area contributed by atoms with Gasteiger partial charge in [-0.3, -0.25) is 14.4 Å². The SMILES string of the molecule is O=C(O)C(c1cn(CCCO)nn1)N1CCCNCC1. The predicted octanol–water partition coefficient (Wildman–Crippen LogP) is -0.918. The van der Waals surface area contributed by atoms with Crippen LogP contribution in [-0.2, 0) is 11.3 Å². The minimum Gasteiger partial charge on any atom is -0.480 e. The molecule has 0 aliphatic carbocycles. The second kappa shape index (κ2) is 7.32. The molecule has 1 aliphatic rings. The second-order valence-corrected chi connectivity index (χ2v) is 4.86. The van der Waals surface area contributed by atoms with Gasteiger partial charge in [0.05, 0.1) is 6.20 Å². The topological polar surface area (TPSA) is 104 Å². The van der Waals surface area contributed by atoms with Crippen LogP contribution in [0.25, 0.3) is 0 Å². The smallest absolute Gasteiger partial charge is 0.327 e. The van der Waals surface area contributed by atoms with Gasteiger partial charge in [0.1, 0.15) is 5.69 Å². The molecule has 2 heterocycles. The van der Waals surface area contributed by atoms with Crippen LogP contribution in [0.1, 0.15) is 24.6 Å². The Morgan fingerprint density at radius 2 is 2.30 bits per heavy atom. The summed E-state index contributed by atoms with van der Waals surface area (Å²) in [7, 11) is 0. The van der Waals surface area contributed by atoms with Crippen molar-refractivity contribution in [3.63, 3.8) is 0 Å². The van der Waals surface area contributed by atoms with Crippen molar-refractivity contribution in [2.24, 2.45) is 0 Å². The maximum absolute atomic E-state index is 11.6. The largest absolute Gasteiger partial charge is 0.480 e. The summed E-state index contributed by atoms with van der Waals surface area (Å²) in [6.45, 7) is 3.72. The monoisotopic (exact) mass is 283 g/mol. The number of carbonyl (C=O) groups is 1. The van der Waals surface area contributed by atoms with Crippen molar-refractivity contribution in [3.05, 3.63) is 11.9 Å². The lowest BCUT2D eigenvalue weighted by molar-refractivity contribution is -0.143. The zero-order valence-corrected chi connectivity index (χ0v) is 11.4. The van der Waals surface area contributed by atoms with E-state index in [1.165, 1.54) is 0 Å². The summed E-state index contributed by atoms with van der Waals surface area (Å²) in [6.07, 6.45) is 3.16. The Morgan fingerprint density at radius 3 is 3.05 bits per heavy atom. The highest BCUT2D eigenvalue weighted by molar-refractivity contribution is 5.74. The Hall–Kier alpha value is -1.51. The number of carboxylic acid groups (broad SMARTS) is 1. The third-order valence-corrected chi connectivity index (χ3v) is 3.36. The van der Waals surface area contributed by atoms with Gasteiger partial charge in [0.2, 0.25) is 0 Å². The fourth-order valence-electron chi connectivity index (χ4n) is 2.38. The van der Waals surface area contributed by atoms with Crippen molar-refractivity contribution in [3.8, 4) is 0 Å². The summed E-state index contributed by atoms with van der Waals surface area (Å²) in [5.74, 6) is -0.902. The van der Waals surface area contributed by atoms with Gasteiger partial charge in [0.15, 0.2) is 6.04 Å². The third-order valence-electron chi connectivity index (χ3n) is 3.36. The molecule has 3 N–H and O–H groups in total. The number of aliphatic hydroxyl groups is 1. The Labute approximate surface area is 117 Å². The highest BCUT2D eigenvalue weighted by Gasteiger charge is 2.30. The first-order valence-electron chi connectivity index (χ1n) is 6.91. The van der Waals surface area contributed by atoms with E-state index in [1.807, 2.05) is 4.90 Å². The van der Waals surface area contributed by atoms with E-state index in [4.69, 9.17) is 5.11 Å². The fourth-order valence-corrected chi connectivity index (χ4v) is 2.38. The normalized spacial score (nSPS) is 18.6. The van der Waals surface area contributed by atoms with E-state index < -0.39 is 12.0 Å². The van der Waals surface area contributed by atoms with Crippen molar-refractivity contribution in [2.75, 3.05) is 32.8 Å². The zero-order valence-electron chi connectivity index (χ0n) is 11.4. The van der Waals surface area contributed by atoms with Crippen molar-refractivity contribution < 1.29 is 15.0 Å². The maximum atomic E-state index is 11.6. The average Bonchev–Trinajstić information content (AvgIpc) is 2.71. The van der Waals surface area contributed by atoms with Crippen LogP contribution in [0, 0.1) is 0 Å². The van der Waals surface area contributed by atoms with E-state index in [-0.39, 0.29) is 6.61 Å². The van der Waals surface area contributed by atoms with Gasteiger partial charge in [-0.15, -0.1) is 5.10 Å². The van der Waals surface area contributed by atoms with Crippen LogP contribution in [0.4, 0.5) is 0 Å². The molecule has 1 atom stereocenters. The average molecular weight is 283 g/mol. The molecule has 0 radical (unpaired) electrons. The van der Waals surface area contributed by atoms with Gasteiger partial charge in [-0.2, -0.15) is 0 Å². The Morgan fingerprint density at radius 1 is 1.45 bits per heavy atom. The van der Waals surface area contributed by atoms with Gasteiger partial charge in [-0.05, 0) is 19.4 Å². The number of nitrogens with one attached hydrogen (secondary N) is 1. The van der Waals surface area contributed by atoms with Gasteiger partial charge in [-0.25, -0.2) is 0 Å². The van der Waals surface area contributed by atoms with Gasteiger partial charge in [-0.1, -0.05) is 5.21 Å². The molecule has 1 saturated heterocycles. The minimum atomic E-state index is -0.902. The van der Waals surface area contributed by atoms with Crippen LogP contribution >= 0.6 is 0 Å². The fraction of sp³-hybridized carbons (Fsp3) is 0.750. The number of aryl methyl sites for hydroxylation is 1. The van der Waals surface area contributed by atoms with Crippen LogP contribution in [0.5, 0.6) is 0 Å². The molecule has 1 unspecified atom stereocenters. The summed E-state index contributed by atoms with van der Waals surface area (Å²) < 4.78 is 1.58. The van der Waals surface area contributed by atoms with Crippen molar-refractivity contribution in [1.82, 2.24) is 25.2 Å². The number of rotatable bonds is 6. The van der Waals surface area contributed by atoms with Crippen molar-refractivity contribution in [1.29, 1.82) is 0 Å². The lowest BCUT2D eigenvalue weighted by Crippen LogP contribution is -2.36. The highest BCUT2D eigenvalue weighted by Crippen LogP contribution is 2.19. The number of aliphatic carboxylic acids is 1. The van der Waals surface area contributed by atoms with Crippen LogP contribution in [-0.4, -0.2) is 68.9 Å². The third kappa shape index (κ3) is 3.75. The standard InChI is InChI=1S/C12H21N5O3/c18-8-2-6-17-9-10(14-15-17)11(12(19)20)16-5-1-3-13-4-7-16/h9,11,13,18H,1-8H2,(H,19,20). The summed E-state index contributed by atoms with van der Waals surface area (Å²) in [5, 5.41) is 29.4. The van der Waals surface area contributed by atoms with Crippen LogP contribution in [0.2, 0.25) is 0 Å². The van der Waals surface area contributed by atoms with Crippen molar-refractivity contribution in [2.45, 2.75) is 25.4 Å². The number of aromatic nitrogens is 3.